The number of nitrogens with one attached hydrogen (secondary N) is 2. The number of likely N-dealkylation sites (N-methyl/N-ethyl adjacent to an activating group) is 1. The van der Waals surface area contributed by atoms with E-state index in [1.165, 1.54) is 12.8 Å². The predicted molar refractivity (Wildman–Crippen MR) is 61.9 cm³/mol. The summed E-state index contributed by atoms with van der Waals surface area (Å²) in [5.41, 5.74) is 0. The van der Waals surface area contributed by atoms with Crippen LogP contribution < -0.4 is 10.6 Å². The first kappa shape index (κ1) is 13.5. The summed E-state index contributed by atoms with van der Waals surface area (Å²) in [6, 6.07) is 2.56. The summed E-state index contributed by atoms with van der Waals surface area (Å²) in [7, 11) is 2.02. The van der Waals surface area contributed by atoms with Gasteiger partial charge < -0.3 is 10.6 Å². The largest absolute Gasteiger partial charge is 0.346 e. The predicted octanol–water partition coefficient (Wildman–Crippen LogP) is -0.775. The zero-order valence-electron chi connectivity index (χ0n) is 10.2. The molecule has 2 amide bonds. The van der Waals surface area contributed by atoms with Crippen LogP contribution in [0.2, 0.25) is 0 Å². The second-order valence-corrected chi connectivity index (χ2v) is 4.30. The van der Waals surface area contributed by atoms with Gasteiger partial charge in [0, 0.05) is 18.6 Å². The van der Waals surface area contributed by atoms with E-state index in [0.717, 1.165) is 0 Å². The molecule has 0 radical (unpaired) electrons. The van der Waals surface area contributed by atoms with Crippen molar-refractivity contribution in [1.82, 2.24) is 15.5 Å². The molecule has 0 aromatic heterocycles. The van der Waals surface area contributed by atoms with Crippen molar-refractivity contribution < 1.29 is 9.59 Å². The van der Waals surface area contributed by atoms with E-state index < -0.39 is 11.8 Å². The van der Waals surface area contributed by atoms with Crippen LogP contribution in [0.5, 0.6) is 0 Å². The summed E-state index contributed by atoms with van der Waals surface area (Å²) < 4.78 is 0. The molecule has 0 bridgehead atoms. The topological polar surface area (TPSA) is 85.2 Å². The van der Waals surface area contributed by atoms with Gasteiger partial charge in [-0.25, -0.2) is 0 Å². The Morgan fingerprint density at radius 2 is 2.00 bits per heavy atom. The van der Waals surface area contributed by atoms with Gasteiger partial charge in [0.1, 0.15) is 6.54 Å². The van der Waals surface area contributed by atoms with Gasteiger partial charge in [-0.2, -0.15) is 5.26 Å². The molecule has 17 heavy (non-hydrogen) atoms. The molecular weight excluding hydrogens is 220 g/mol. The zero-order valence-corrected chi connectivity index (χ0v) is 10.2. The maximum Gasteiger partial charge on any atom is 0.310 e. The Morgan fingerprint density at radius 3 is 2.53 bits per heavy atom. The molecule has 1 aliphatic rings. The second-order valence-electron chi connectivity index (χ2n) is 4.30. The van der Waals surface area contributed by atoms with Gasteiger partial charge in [0.15, 0.2) is 0 Å². The highest BCUT2D eigenvalue weighted by Gasteiger charge is 2.29. The number of nitriles is 1. The average Bonchev–Trinajstić information content (AvgIpc) is 3.15. The third-order valence-electron chi connectivity index (χ3n) is 2.91. The Balaban J connectivity index is 2.22. The maximum absolute atomic E-state index is 11.3. The molecule has 1 saturated carbocycles. The molecule has 0 aromatic rings. The molecule has 1 aliphatic carbocycles. The van der Waals surface area contributed by atoms with Crippen molar-refractivity contribution in [1.29, 1.82) is 5.26 Å². The standard InChI is InChI=1S/C11H18N4O2/c1-8(15(2)9-3-4-9)7-14-11(17)10(16)13-6-5-12/h8-9H,3-4,6-7H2,1-2H3,(H,13,16)(H,14,17). The number of hydrogen-bond acceptors (Lipinski definition) is 4. The van der Waals surface area contributed by atoms with Crippen LogP contribution in [0.4, 0.5) is 0 Å². The first-order chi connectivity index (χ1) is 8.06. The monoisotopic (exact) mass is 238 g/mol. The molecule has 2 N–H and O–H groups in total. The first-order valence-corrected chi connectivity index (χ1v) is 5.71. The van der Waals surface area contributed by atoms with Crippen LogP contribution in [-0.2, 0) is 9.59 Å². The van der Waals surface area contributed by atoms with Gasteiger partial charge in [0.25, 0.3) is 0 Å². The molecule has 0 heterocycles. The van der Waals surface area contributed by atoms with Gasteiger partial charge in [0.05, 0.1) is 6.07 Å². The van der Waals surface area contributed by atoms with E-state index in [-0.39, 0.29) is 12.6 Å². The molecule has 1 fully saturated rings. The lowest BCUT2D eigenvalue weighted by atomic mass is 10.3. The Labute approximate surface area is 101 Å². The third kappa shape index (κ3) is 4.41. The fourth-order valence-electron chi connectivity index (χ4n) is 1.51. The summed E-state index contributed by atoms with van der Waals surface area (Å²) >= 11 is 0. The van der Waals surface area contributed by atoms with Crippen LogP contribution in [0.15, 0.2) is 0 Å². The molecule has 1 unspecified atom stereocenters. The molecular formula is C11H18N4O2. The quantitative estimate of drug-likeness (QED) is 0.486. The lowest BCUT2D eigenvalue weighted by Gasteiger charge is -2.24. The van der Waals surface area contributed by atoms with E-state index in [0.29, 0.717) is 12.6 Å². The van der Waals surface area contributed by atoms with Crippen LogP contribution in [0.1, 0.15) is 19.8 Å². The van der Waals surface area contributed by atoms with Crippen LogP contribution >= 0.6 is 0 Å². The van der Waals surface area contributed by atoms with Crippen LogP contribution in [0, 0.1) is 11.3 Å². The van der Waals surface area contributed by atoms with E-state index in [4.69, 9.17) is 5.26 Å². The molecule has 1 rings (SSSR count). The molecule has 0 spiro atoms. The third-order valence-corrected chi connectivity index (χ3v) is 2.91. The molecule has 0 aliphatic heterocycles. The number of rotatable bonds is 5. The smallest absolute Gasteiger partial charge is 0.310 e. The van der Waals surface area contributed by atoms with Crippen molar-refractivity contribution in [3.8, 4) is 6.07 Å². The van der Waals surface area contributed by atoms with Crippen molar-refractivity contribution in [2.75, 3.05) is 20.1 Å². The minimum atomic E-state index is -0.757. The second kappa shape index (κ2) is 6.21. The normalized spacial score (nSPS) is 16.1. The van der Waals surface area contributed by atoms with Crippen LogP contribution in [0.3, 0.4) is 0 Å². The van der Waals surface area contributed by atoms with E-state index >= 15 is 0 Å². The van der Waals surface area contributed by atoms with Crippen molar-refractivity contribution in [3.05, 3.63) is 0 Å². The highest BCUT2D eigenvalue weighted by atomic mass is 16.2. The van der Waals surface area contributed by atoms with Crippen LogP contribution in [0.25, 0.3) is 0 Å². The SMILES string of the molecule is CC(CNC(=O)C(=O)NCC#N)N(C)C1CC1. The van der Waals surface area contributed by atoms with Gasteiger partial charge in [-0.1, -0.05) is 0 Å². The summed E-state index contributed by atoms with van der Waals surface area (Å²) in [5, 5.41) is 13.0. The zero-order chi connectivity index (χ0) is 12.8. The lowest BCUT2D eigenvalue weighted by Crippen LogP contribution is -2.46. The Bertz CT molecular complexity index is 333. The Morgan fingerprint density at radius 1 is 1.41 bits per heavy atom. The van der Waals surface area contributed by atoms with E-state index in [1.54, 1.807) is 6.07 Å². The highest BCUT2D eigenvalue weighted by molar-refractivity contribution is 6.35. The summed E-state index contributed by atoms with van der Waals surface area (Å²) in [5.74, 6) is -1.44. The average molecular weight is 238 g/mol. The van der Waals surface area contributed by atoms with E-state index in [9.17, 15) is 9.59 Å². The Kier molecular flexibility index (Phi) is 4.91. The van der Waals surface area contributed by atoms with E-state index in [1.807, 2.05) is 14.0 Å². The number of hydrogen-bond donors (Lipinski definition) is 2. The summed E-state index contributed by atoms with van der Waals surface area (Å²) in [6.45, 7) is 2.29. The number of carbonyl (C=O) groups is 2. The maximum atomic E-state index is 11.3. The van der Waals surface area contributed by atoms with Gasteiger partial charge in [-0.05, 0) is 26.8 Å². The Hall–Kier alpha value is -1.61. The number of nitrogens with zero attached hydrogens (tertiary/aromatic N) is 2. The highest BCUT2D eigenvalue weighted by Crippen LogP contribution is 2.26. The van der Waals surface area contributed by atoms with E-state index in [2.05, 4.69) is 15.5 Å². The summed E-state index contributed by atoms with van der Waals surface area (Å²) in [4.78, 5) is 24.7. The van der Waals surface area contributed by atoms with Crippen LogP contribution in [-0.4, -0.2) is 48.9 Å². The minimum Gasteiger partial charge on any atom is -0.346 e. The molecule has 6 nitrogen and oxygen atoms in total. The first-order valence-electron chi connectivity index (χ1n) is 5.71. The number of amides is 2. The molecule has 0 saturated heterocycles. The van der Waals surface area contributed by atoms with Gasteiger partial charge in [0.2, 0.25) is 0 Å². The minimum absolute atomic E-state index is 0.149. The van der Waals surface area contributed by atoms with Gasteiger partial charge >= 0.3 is 11.8 Å². The van der Waals surface area contributed by atoms with Crippen molar-refractivity contribution in [2.24, 2.45) is 0 Å². The molecule has 94 valence electrons. The molecule has 1 atom stereocenters. The van der Waals surface area contributed by atoms with Crippen molar-refractivity contribution in [2.45, 2.75) is 31.8 Å². The van der Waals surface area contributed by atoms with Gasteiger partial charge in [-0.3, -0.25) is 14.5 Å². The van der Waals surface area contributed by atoms with Gasteiger partial charge in [-0.15, -0.1) is 0 Å². The lowest BCUT2D eigenvalue weighted by molar-refractivity contribution is -0.139. The summed E-state index contributed by atoms with van der Waals surface area (Å²) in [6.07, 6.45) is 2.41. The van der Waals surface area contributed by atoms with Crippen molar-refractivity contribution in [3.63, 3.8) is 0 Å². The molecule has 0 aromatic carbocycles. The fourth-order valence-corrected chi connectivity index (χ4v) is 1.51. The number of carbonyl (C=O) groups excluding carboxylic acids is 2. The van der Waals surface area contributed by atoms with Crippen molar-refractivity contribution >= 4 is 11.8 Å². The fraction of sp³-hybridized carbons (Fsp3) is 0.727. The molecule has 6 heteroatoms.